The van der Waals surface area contributed by atoms with Gasteiger partial charge in [-0.05, 0) is 69.8 Å². The van der Waals surface area contributed by atoms with E-state index in [1.54, 1.807) is 0 Å². The Morgan fingerprint density at radius 3 is 0.726 bits per heavy atom. The zero-order valence-electron chi connectivity index (χ0n) is 39.5. The first-order chi connectivity index (χ1) is 36.1. The Morgan fingerprint density at radius 1 is 0.192 bits per heavy atom. The molecule has 0 aliphatic heterocycles. The molecule has 13 rings (SSSR count). The fourth-order valence-electron chi connectivity index (χ4n) is 9.59. The molecule has 342 valence electrons. The summed E-state index contributed by atoms with van der Waals surface area (Å²) in [6.45, 7) is 0. The molecule has 0 spiro atoms. The zero-order chi connectivity index (χ0) is 48.5. The van der Waals surface area contributed by atoms with Crippen LogP contribution in [0, 0.1) is 0 Å². The first kappa shape index (κ1) is 43.1. The molecule has 0 aliphatic rings. The van der Waals surface area contributed by atoms with Crippen molar-refractivity contribution in [3.05, 3.63) is 261 Å². The average molecular weight is 934 g/mol. The summed E-state index contributed by atoms with van der Waals surface area (Å²) < 4.78 is 2.38. The molecule has 7 nitrogen and oxygen atoms in total. The van der Waals surface area contributed by atoms with Crippen molar-refractivity contribution >= 4 is 21.8 Å². The normalized spacial score (nSPS) is 11.3. The van der Waals surface area contributed by atoms with Crippen molar-refractivity contribution in [1.29, 1.82) is 0 Å². The Bertz CT molecular complexity index is 3730. The van der Waals surface area contributed by atoms with Gasteiger partial charge >= 0.3 is 0 Å². The molecule has 0 bridgehead atoms. The summed E-state index contributed by atoms with van der Waals surface area (Å²) in [6, 6.07) is 90.4. The van der Waals surface area contributed by atoms with Crippen molar-refractivity contribution < 1.29 is 0 Å². The van der Waals surface area contributed by atoms with Crippen LogP contribution in [0.15, 0.2) is 261 Å². The van der Waals surface area contributed by atoms with Crippen LogP contribution in [0.4, 0.5) is 0 Å². The topological polar surface area (TPSA) is 82.3 Å². The number of rotatable bonds is 10. The average Bonchev–Trinajstić information content (AvgIpc) is 3.81. The van der Waals surface area contributed by atoms with Gasteiger partial charge in [0.05, 0.1) is 11.0 Å². The van der Waals surface area contributed by atoms with Gasteiger partial charge in [-0.3, -0.25) is 0 Å². The summed E-state index contributed by atoms with van der Waals surface area (Å²) in [6.07, 6.45) is 0. The van der Waals surface area contributed by atoms with E-state index in [0.717, 1.165) is 83.1 Å². The molecule has 7 heteroatoms. The van der Waals surface area contributed by atoms with Gasteiger partial charge in [0.15, 0.2) is 34.9 Å². The zero-order valence-corrected chi connectivity index (χ0v) is 39.5. The first-order valence-electron chi connectivity index (χ1n) is 24.3. The molecular weight excluding hydrogens is 891 g/mol. The summed E-state index contributed by atoms with van der Waals surface area (Å²) in [5.74, 6) is 3.80. The number of aromatic nitrogens is 7. The summed E-state index contributed by atoms with van der Waals surface area (Å²) in [5, 5.41) is 2.32. The molecule has 0 unspecified atom stereocenters. The van der Waals surface area contributed by atoms with E-state index in [9.17, 15) is 0 Å². The van der Waals surface area contributed by atoms with Crippen molar-refractivity contribution in [2.45, 2.75) is 0 Å². The molecule has 10 aromatic carbocycles. The Morgan fingerprint density at radius 2 is 0.411 bits per heavy atom. The van der Waals surface area contributed by atoms with Crippen molar-refractivity contribution in [3.8, 4) is 107 Å². The molecule has 0 amide bonds. The minimum absolute atomic E-state index is 0.624. The van der Waals surface area contributed by atoms with Gasteiger partial charge in [0.1, 0.15) is 0 Å². The second-order valence-corrected chi connectivity index (χ2v) is 17.9. The molecule has 0 radical (unpaired) electrons. The highest BCUT2D eigenvalue weighted by Gasteiger charge is 2.18. The molecule has 73 heavy (non-hydrogen) atoms. The lowest BCUT2D eigenvalue weighted by Gasteiger charge is -2.11. The number of fused-ring (bicyclic) bond motifs is 3. The highest BCUT2D eigenvalue weighted by atomic mass is 15.0. The second kappa shape index (κ2) is 18.7. The summed E-state index contributed by atoms with van der Waals surface area (Å²) in [7, 11) is 0. The Balaban J connectivity index is 0.889. The van der Waals surface area contributed by atoms with E-state index in [1.807, 2.05) is 121 Å². The van der Waals surface area contributed by atoms with E-state index in [1.165, 1.54) is 11.1 Å². The minimum atomic E-state index is 0.624. The van der Waals surface area contributed by atoms with Gasteiger partial charge < -0.3 is 4.57 Å². The number of benzene rings is 10. The first-order valence-corrected chi connectivity index (χ1v) is 24.3. The molecular formula is C66H43N7. The van der Waals surface area contributed by atoms with E-state index in [-0.39, 0.29) is 0 Å². The van der Waals surface area contributed by atoms with Gasteiger partial charge in [0.25, 0.3) is 0 Å². The largest absolute Gasteiger partial charge is 0.309 e. The molecule has 3 aromatic heterocycles. The molecule has 0 atom stereocenters. The summed E-state index contributed by atoms with van der Waals surface area (Å²) >= 11 is 0. The van der Waals surface area contributed by atoms with E-state index in [2.05, 4.69) is 144 Å². The predicted octanol–water partition coefficient (Wildman–Crippen LogP) is 16.2. The Labute approximate surface area is 422 Å². The van der Waals surface area contributed by atoms with Crippen LogP contribution in [0.1, 0.15) is 0 Å². The predicted molar refractivity (Wildman–Crippen MR) is 296 cm³/mol. The van der Waals surface area contributed by atoms with Crippen LogP contribution >= 0.6 is 0 Å². The van der Waals surface area contributed by atoms with Crippen LogP contribution in [0.25, 0.3) is 129 Å². The molecule has 0 saturated carbocycles. The van der Waals surface area contributed by atoms with Crippen LogP contribution in [0.2, 0.25) is 0 Å². The number of hydrogen-bond donors (Lipinski definition) is 0. The van der Waals surface area contributed by atoms with E-state index in [4.69, 9.17) is 29.9 Å². The Hall–Kier alpha value is -9.98. The third-order valence-electron chi connectivity index (χ3n) is 13.3. The van der Waals surface area contributed by atoms with E-state index < -0.39 is 0 Å². The highest BCUT2D eigenvalue weighted by molar-refractivity contribution is 6.11. The second-order valence-electron chi connectivity index (χ2n) is 17.9. The third kappa shape index (κ3) is 8.51. The van der Waals surface area contributed by atoms with Gasteiger partial charge in [0.2, 0.25) is 0 Å². The SMILES string of the molecule is c1ccc(-c2ccc(-n3c4ccc(-c5ccc(-c6nc(-c7ccccc7)nc(-c7ccccc7)n6)cc5)cc4c4cc(-c5ccc(-c6nc(-c7ccccc7)nc(-c7ccccc7)n6)cc5)ccc43)cc2)cc1. The molecule has 3 heterocycles. The lowest BCUT2D eigenvalue weighted by molar-refractivity contribution is 1.07. The maximum Gasteiger partial charge on any atom is 0.164 e. The Kier molecular flexibility index (Phi) is 11.1. The maximum absolute atomic E-state index is 4.98. The van der Waals surface area contributed by atoms with Crippen LogP contribution in [-0.2, 0) is 0 Å². The lowest BCUT2D eigenvalue weighted by Crippen LogP contribution is -2.00. The van der Waals surface area contributed by atoms with Crippen LogP contribution in [0.5, 0.6) is 0 Å². The van der Waals surface area contributed by atoms with Crippen molar-refractivity contribution in [2.75, 3.05) is 0 Å². The summed E-state index contributed by atoms with van der Waals surface area (Å²) in [4.78, 5) is 29.7. The smallest absolute Gasteiger partial charge is 0.164 e. The van der Waals surface area contributed by atoms with Gasteiger partial charge in [0, 0.05) is 49.8 Å². The van der Waals surface area contributed by atoms with Crippen LogP contribution in [0.3, 0.4) is 0 Å². The number of hydrogen-bond acceptors (Lipinski definition) is 6. The number of nitrogens with zero attached hydrogens (tertiary/aromatic N) is 7. The van der Waals surface area contributed by atoms with Gasteiger partial charge in [-0.25, -0.2) is 29.9 Å². The van der Waals surface area contributed by atoms with Crippen LogP contribution < -0.4 is 0 Å². The fourth-order valence-corrected chi connectivity index (χ4v) is 9.59. The maximum atomic E-state index is 4.98. The quantitative estimate of drug-likeness (QED) is 0.136. The van der Waals surface area contributed by atoms with Gasteiger partial charge in [-0.15, -0.1) is 0 Å². The van der Waals surface area contributed by atoms with Crippen molar-refractivity contribution in [1.82, 2.24) is 34.5 Å². The van der Waals surface area contributed by atoms with Crippen LogP contribution in [-0.4, -0.2) is 34.5 Å². The molecule has 0 N–H and O–H groups in total. The lowest BCUT2D eigenvalue weighted by atomic mass is 9.99. The standard InChI is InChI=1S/C66H43N7/c1-6-16-44(17-7-1)45-34-38-56(39-35-45)73-59-40-36-54(46-26-30-52(31-27-46)65-69-61(48-18-8-2-9-19-48)67-62(70-65)49-20-10-3-11-21-49)42-57(59)58-43-55(37-41-60(58)73)47-28-32-53(33-29-47)66-71-63(50-22-12-4-13-23-50)68-64(72-66)51-24-14-5-15-25-51/h1-43H. The highest BCUT2D eigenvalue weighted by Crippen LogP contribution is 2.39. The van der Waals surface area contributed by atoms with Crippen molar-refractivity contribution in [3.63, 3.8) is 0 Å². The monoisotopic (exact) mass is 933 g/mol. The minimum Gasteiger partial charge on any atom is -0.309 e. The molecule has 0 saturated heterocycles. The fraction of sp³-hybridized carbons (Fsp3) is 0. The molecule has 13 aromatic rings. The van der Waals surface area contributed by atoms with Gasteiger partial charge in [-0.2, -0.15) is 0 Å². The van der Waals surface area contributed by atoms with E-state index in [0.29, 0.717) is 34.9 Å². The van der Waals surface area contributed by atoms with Gasteiger partial charge in [-0.1, -0.05) is 224 Å². The van der Waals surface area contributed by atoms with E-state index >= 15 is 0 Å². The molecule has 0 aliphatic carbocycles. The molecule has 0 fully saturated rings. The summed E-state index contributed by atoms with van der Waals surface area (Å²) in [5.41, 5.74) is 15.7. The third-order valence-corrected chi connectivity index (χ3v) is 13.3. The van der Waals surface area contributed by atoms with Crippen molar-refractivity contribution in [2.24, 2.45) is 0 Å².